The largest absolute Gasteiger partial charge is 0.505 e. The molecule has 0 spiro atoms. The molecule has 2 heterocycles. The first-order valence-corrected chi connectivity index (χ1v) is 15.5. The number of Topliss-reactive ketones (excluding diaryl/α,β-unsaturated/α-hetero) is 1. The van der Waals surface area contributed by atoms with Gasteiger partial charge in [-0.1, -0.05) is 54.1 Å². The first-order valence-electron chi connectivity index (χ1n) is 14.7. The average Bonchev–Trinajstić information content (AvgIpc) is 3.27. The summed E-state index contributed by atoms with van der Waals surface area (Å²) in [4.78, 5) is 58.5. The lowest BCUT2D eigenvalue weighted by Crippen LogP contribution is -2.47. The number of amides is 2. The zero-order valence-electron chi connectivity index (χ0n) is 23.3. The van der Waals surface area contributed by atoms with Crippen molar-refractivity contribution in [1.29, 1.82) is 0 Å². The van der Waals surface area contributed by atoms with Gasteiger partial charge in [-0.3, -0.25) is 29.0 Å². The molecule has 2 fully saturated rings. The van der Waals surface area contributed by atoms with E-state index in [-0.39, 0.29) is 51.3 Å². The highest BCUT2D eigenvalue weighted by Gasteiger charge is 2.57. The number of imide groups is 1. The van der Waals surface area contributed by atoms with Crippen LogP contribution in [0.25, 0.3) is 0 Å². The summed E-state index contributed by atoms with van der Waals surface area (Å²) in [6.45, 7) is 2.36. The smallest absolute Gasteiger partial charge is 0.233 e. The van der Waals surface area contributed by atoms with Crippen molar-refractivity contribution < 1.29 is 28.7 Å². The highest BCUT2D eigenvalue weighted by atomic mass is 79.9. The van der Waals surface area contributed by atoms with Crippen LogP contribution in [-0.2, 0) is 25.7 Å². The molecule has 5 aliphatic rings. The Morgan fingerprint density at radius 1 is 0.930 bits per heavy atom. The van der Waals surface area contributed by atoms with Crippen LogP contribution < -0.4 is 0 Å². The van der Waals surface area contributed by atoms with Crippen LogP contribution >= 0.6 is 15.9 Å². The molecule has 0 bridgehead atoms. The molecule has 2 amide bonds. The molecule has 2 aromatic rings. The maximum absolute atomic E-state index is 14.6. The number of piperidine rings is 1. The minimum Gasteiger partial charge on any atom is -0.505 e. The molecule has 0 aromatic heterocycles. The van der Waals surface area contributed by atoms with Crippen molar-refractivity contribution >= 4 is 39.3 Å². The van der Waals surface area contributed by atoms with E-state index in [9.17, 15) is 28.7 Å². The van der Waals surface area contributed by atoms with Crippen LogP contribution in [-0.4, -0.2) is 57.4 Å². The van der Waals surface area contributed by atoms with Crippen LogP contribution in [0.4, 0.5) is 4.39 Å². The summed E-state index contributed by atoms with van der Waals surface area (Å²) < 4.78 is 14.7. The van der Waals surface area contributed by atoms with E-state index in [0.29, 0.717) is 24.8 Å². The van der Waals surface area contributed by atoms with Gasteiger partial charge < -0.3 is 5.11 Å². The van der Waals surface area contributed by atoms with Crippen LogP contribution in [0.5, 0.6) is 5.75 Å². The Hall–Kier alpha value is -3.69. The number of halogens is 2. The zero-order valence-corrected chi connectivity index (χ0v) is 24.9. The summed E-state index contributed by atoms with van der Waals surface area (Å²) in [5.41, 5.74) is 2.54. The summed E-state index contributed by atoms with van der Waals surface area (Å²) in [6, 6.07) is 14.1. The van der Waals surface area contributed by atoms with E-state index in [1.165, 1.54) is 22.6 Å². The number of rotatable bonds is 4. The van der Waals surface area contributed by atoms with Crippen LogP contribution in [0, 0.1) is 23.6 Å². The van der Waals surface area contributed by atoms with Gasteiger partial charge in [0.05, 0.1) is 16.3 Å². The highest BCUT2D eigenvalue weighted by Crippen LogP contribution is 2.56. The molecule has 7 nitrogen and oxygen atoms in total. The van der Waals surface area contributed by atoms with E-state index in [1.54, 1.807) is 6.07 Å². The first-order chi connectivity index (χ1) is 20.7. The number of fused-ring (bicyclic) bond motifs is 3. The summed E-state index contributed by atoms with van der Waals surface area (Å²) >= 11 is 3.21. The van der Waals surface area contributed by atoms with Crippen LogP contribution in [0.2, 0.25) is 0 Å². The van der Waals surface area contributed by atoms with Gasteiger partial charge in [0.25, 0.3) is 0 Å². The number of hydrogen-bond acceptors (Lipinski definition) is 6. The standard InChI is InChI=1S/C34H30BrFN2O5/c35-25-16-27(39)30-24(31(25)40)15-23-20(28(30)21-7-4-8-26(36)32(21)41)9-10-22-29(23)34(43)38(33(22)42)19-11-13-37(14-12-19)17-18-5-2-1-3-6-18/h1-9,16,19,22-23,28-29,41H,10-15,17H2/t22-,23+,28+,29-/m0/s1. The third-order valence-corrected chi connectivity index (χ3v) is 10.5. The molecule has 2 aromatic carbocycles. The topological polar surface area (TPSA) is 95.0 Å². The Morgan fingerprint density at radius 2 is 1.67 bits per heavy atom. The molecule has 2 saturated heterocycles. The van der Waals surface area contributed by atoms with Crippen LogP contribution in [0.3, 0.4) is 0 Å². The lowest BCUT2D eigenvalue weighted by atomic mass is 9.59. The van der Waals surface area contributed by atoms with Gasteiger partial charge in [-0.2, -0.15) is 0 Å². The number of phenolic OH excluding ortho intramolecular Hbond substituents is 1. The second-order valence-corrected chi connectivity index (χ2v) is 13.0. The van der Waals surface area contributed by atoms with Crippen molar-refractivity contribution in [3.05, 3.63) is 98.8 Å². The van der Waals surface area contributed by atoms with Crippen molar-refractivity contribution in [1.82, 2.24) is 9.80 Å². The van der Waals surface area contributed by atoms with E-state index >= 15 is 0 Å². The molecule has 9 heteroatoms. The van der Waals surface area contributed by atoms with Crippen LogP contribution in [0.15, 0.2) is 81.9 Å². The third kappa shape index (κ3) is 4.55. The molecule has 43 heavy (non-hydrogen) atoms. The fourth-order valence-electron chi connectivity index (χ4n) is 7.89. The number of carbonyl (C=O) groups is 4. The predicted octanol–water partition coefficient (Wildman–Crippen LogP) is 4.96. The second-order valence-electron chi connectivity index (χ2n) is 12.1. The number of likely N-dealkylation sites (tertiary alicyclic amines) is 2. The Kier molecular flexibility index (Phi) is 7.05. The molecule has 1 N–H and O–H groups in total. The number of benzene rings is 2. The highest BCUT2D eigenvalue weighted by molar-refractivity contribution is 9.12. The Labute approximate surface area is 256 Å². The molecule has 0 radical (unpaired) electrons. The van der Waals surface area contributed by atoms with E-state index in [2.05, 4.69) is 33.0 Å². The number of para-hydroxylation sites is 1. The number of aromatic hydroxyl groups is 1. The molecule has 0 saturated carbocycles. The fourth-order valence-corrected chi connectivity index (χ4v) is 8.34. The number of ketones is 2. The maximum atomic E-state index is 14.6. The summed E-state index contributed by atoms with van der Waals surface area (Å²) in [5.74, 6) is -5.25. The molecular formula is C34H30BrFN2O5. The molecule has 4 atom stereocenters. The Morgan fingerprint density at radius 3 is 2.42 bits per heavy atom. The number of phenols is 1. The van der Waals surface area contributed by atoms with Crippen molar-refractivity contribution in [3.63, 3.8) is 0 Å². The summed E-state index contributed by atoms with van der Waals surface area (Å²) in [6.07, 6.45) is 4.91. The predicted molar refractivity (Wildman–Crippen MR) is 159 cm³/mol. The maximum Gasteiger partial charge on any atom is 0.233 e. The van der Waals surface area contributed by atoms with Gasteiger partial charge in [-0.25, -0.2) is 4.39 Å². The number of carbonyl (C=O) groups excluding carboxylic acids is 4. The summed E-state index contributed by atoms with van der Waals surface area (Å²) in [5, 5.41) is 10.8. The zero-order chi connectivity index (χ0) is 30.0. The van der Waals surface area contributed by atoms with E-state index < -0.39 is 41.0 Å². The van der Waals surface area contributed by atoms with Gasteiger partial charge in [-0.05, 0) is 59.2 Å². The molecule has 0 unspecified atom stereocenters. The van der Waals surface area contributed by atoms with E-state index in [1.807, 2.05) is 24.3 Å². The number of hydrogen-bond donors (Lipinski definition) is 1. The van der Waals surface area contributed by atoms with Crippen LogP contribution in [0.1, 0.15) is 42.7 Å². The molecule has 220 valence electrons. The van der Waals surface area contributed by atoms with Gasteiger partial charge in [0.15, 0.2) is 23.1 Å². The van der Waals surface area contributed by atoms with E-state index in [0.717, 1.165) is 25.7 Å². The van der Waals surface area contributed by atoms with Crippen molar-refractivity contribution in [2.24, 2.45) is 17.8 Å². The molecule has 2 aliphatic heterocycles. The lowest BCUT2D eigenvalue weighted by molar-refractivity contribution is -0.144. The Bertz CT molecular complexity index is 1660. The van der Waals surface area contributed by atoms with Gasteiger partial charge in [0.2, 0.25) is 11.8 Å². The molecule has 7 rings (SSSR count). The summed E-state index contributed by atoms with van der Waals surface area (Å²) in [7, 11) is 0. The average molecular weight is 646 g/mol. The number of allylic oxidation sites excluding steroid dienone is 6. The van der Waals surface area contributed by atoms with Gasteiger partial charge >= 0.3 is 0 Å². The Balaban J connectivity index is 1.19. The van der Waals surface area contributed by atoms with Crippen molar-refractivity contribution in [2.75, 3.05) is 13.1 Å². The SMILES string of the molecule is O=C1C=C(Br)C(=O)C2=C1[C@@H](c1cccc(F)c1O)C1=CC[C@@H]3C(=O)N(C4CCN(Cc5ccccc5)CC4)C(=O)[C@@H]3[C@@H]1C2. The minimum atomic E-state index is -0.892. The van der Waals surface area contributed by atoms with Crippen molar-refractivity contribution in [3.8, 4) is 5.75 Å². The van der Waals surface area contributed by atoms with Gasteiger partial charge in [0, 0.05) is 54.4 Å². The second kappa shape index (κ2) is 10.8. The fraction of sp³-hybridized carbons (Fsp3) is 0.353. The first kappa shape index (κ1) is 28.1. The monoisotopic (exact) mass is 644 g/mol. The molecule has 3 aliphatic carbocycles. The number of nitrogens with zero attached hydrogens (tertiary/aromatic N) is 2. The van der Waals surface area contributed by atoms with E-state index in [4.69, 9.17) is 0 Å². The van der Waals surface area contributed by atoms with Gasteiger partial charge in [-0.15, -0.1) is 0 Å². The lowest BCUT2D eigenvalue weighted by Gasteiger charge is -2.42. The quantitative estimate of drug-likeness (QED) is 0.287. The van der Waals surface area contributed by atoms with Gasteiger partial charge in [0.1, 0.15) is 0 Å². The molecular weight excluding hydrogens is 615 g/mol. The minimum absolute atomic E-state index is 0.121. The normalized spacial score (nSPS) is 28.0. The third-order valence-electron chi connectivity index (χ3n) is 9.87. The van der Waals surface area contributed by atoms with Crippen molar-refractivity contribution in [2.45, 2.75) is 44.2 Å².